The molecule has 3 rings (SSSR count). The van der Waals surface area contributed by atoms with Gasteiger partial charge in [0.15, 0.2) is 5.69 Å². The van der Waals surface area contributed by atoms with Crippen LogP contribution in [0.15, 0.2) is 54.6 Å². The van der Waals surface area contributed by atoms with Crippen molar-refractivity contribution in [2.24, 2.45) is 0 Å². The first-order chi connectivity index (χ1) is 11.3. The summed E-state index contributed by atoms with van der Waals surface area (Å²) >= 11 is 0. The fourth-order valence-corrected chi connectivity index (χ4v) is 2.14. The van der Waals surface area contributed by atoms with E-state index in [-0.39, 0.29) is 12.3 Å². The number of nitriles is 1. The van der Waals surface area contributed by atoms with E-state index < -0.39 is 0 Å². The minimum atomic E-state index is 0.261. The first-order valence-corrected chi connectivity index (χ1v) is 6.99. The lowest BCUT2D eigenvalue weighted by Gasteiger charge is -2.08. The molecule has 0 saturated heterocycles. The highest BCUT2D eigenvalue weighted by Crippen LogP contribution is 2.23. The molecule has 0 bridgehead atoms. The molecule has 0 aliphatic carbocycles. The Kier molecular flexibility index (Phi) is 4.32. The van der Waals surface area contributed by atoms with Crippen molar-refractivity contribution in [1.82, 2.24) is 15.0 Å². The lowest BCUT2D eigenvalue weighted by Crippen LogP contribution is -2.04. The Morgan fingerprint density at radius 1 is 1.04 bits per heavy atom. The third kappa shape index (κ3) is 3.20. The van der Waals surface area contributed by atoms with Crippen LogP contribution in [0.25, 0.3) is 5.69 Å². The Bertz CT molecular complexity index is 820. The maximum Gasteiger partial charge on any atom is 0.188 e. The zero-order valence-corrected chi connectivity index (χ0v) is 12.5. The standard InChI is InChI=1S/C17H14N4O2/c1-22-12-17-16(11-18)19-20-21(17)13-7-9-15(10-8-13)23-14-5-3-2-4-6-14/h2-10H,12H2,1H3. The predicted molar refractivity (Wildman–Crippen MR) is 83.3 cm³/mol. The summed E-state index contributed by atoms with van der Waals surface area (Å²) in [5.74, 6) is 1.49. The Labute approximate surface area is 133 Å². The summed E-state index contributed by atoms with van der Waals surface area (Å²) in [6.07, 6.45) is 0. The lowest BCUT2D eigenvalue weighted by molar-refractivity contribution is 0.179. The van der Waals surface area contributed by atoms with Gasteiger partial charge in [0.1, 0.15) is 23.3 Å². The molecule has 0 saturated carbocycles. The number of para-hydroxylation sites is 1. The number of methoxy groups -OCH3 is 1. The number of aromatic nitrogens is 3. The third-order valence-corrected chi connectivity index (χ3v) is 3.21. The summed E-state index contributed by atoms with van der Waals surface area (Å²) in [4.78, 5) is 0. The van der Waals surface area contributed by atoms with Gasteiger partial charge < -0.3 is 9.47 Å². The van der Waals surface area contributed by atoms with Gasteiger partial charge in [0, 0.05) is 7.11 Å². The molecule has 2 aromatic carbocycles. The molecule has 0 unspecified atom stereocenters. The van der Waals surface area contributed by atoms with Crippen LogP contribution in [0.1, 0.15) is 11.4 Å². The number of hydrogen-bond acceptors (Lipinski definition) is 5. The van der Waals surface area contributed by atoms with Crippen molar-refractivity contribution in [2.45, 2.75) is 6.61 Å². The predicted octanol–water partition coefficient (Wildman–Crippen LogP) is 3.08. The molecule has 0 aliphatic heterocycles. The second-order valence-corrected chi connectivity index (χ2v) is 4.75. The molecule has 114 valence electrons. The normalized spacial score (nSPS) is 10.3. The van der Waals surface area contributed by atoms with Gasteiger partial charge >= 0.3 is 0 Å². The van der Waals surface area contributed by atoms with Crippen LogP contribution in [0, 0.1) is 11.3 Å². The van der Waals surface area contributed by atoms with Crippen molar-refractivity contribution in [3.63, 3.8) is 0 Å². The van der Waals surface area contributed by atoms with E-state index in [0.29, 0.717) is 11.4 Å². The first-order valence-electron chi connectivity index (χ1n) is 6.99. The molecule has 0 aliphatic rings. The van der Waals surface area contributed by atoms with Crippen molar-refractivity contribution in [1.29, 1.82) is 5.26 Å². The van der Waals surface area contributed by atoms with E-state index in [4.69, 9.17) is 14.7 Å². The van der Waals surface area contributed by atoms with E-state index in [2.05, 4.69) is 10.3 Å². The molecule has 6 heteroatoms. The monoisotopic (exact) mass is 306 g/mol. The van der Waals surface area contributed by atoms with Gasteiger partial charge in [-0.1, -0.05) is 23.4 Å². The van der Waals surface area contributed by atoms with Crippen LogP contribution in [0.4, 0.5) is 0 Å². The summed E-state index contributed by atoms with van der Waals surface area (Å²) in [6, 6.07) is 19.0. The SMILES string of the molecule is COCc1c(C#N)nnn1-c1ccc(Oc2ccccc2)cc1. The van der Waals surface area contributed by atoms with Gasteiger partial charge in [-0.25, -0.2) is 4.68 Å². The molecule has 0 amide bonds. The van der Waals surface area contributed by atoms with E-state index in [1.165, 1.54) is 0 Å². The highest BCUT2D eigenvalue weighted by molar-refractivity contribution is 5.41. The fraction of sp³-hybridized carbons (Fsp3) is 0.118. The summed E-state index contributed by atoms with van der Waals surface area (Å²) in [5.41, 5.74) is 1.66. The molecule has 6 nitrogen and oxygen atoms in total. The van der Waals surface area contributed by atoms with Crippen LogP contribution in [0.2, 0.25) is 0 Å². The van der Waals surface area contributed by atoms with E-state index >= 15 is 0 Å². The number of nitrogens with zero attached hydrogens (tertiary/aromatic N) is 4. The van der Waals surface area contributed by atoms with Crippen LogP contribution in [-0.2, 0) is 11.3 Å². The number of ether oxygens (including phenoxy) is 2. The molecule has 1 aromatic heterocycles. The van der Waals surface area contributed by atoms with Crippen molar-refractivity contribution >= 4 is 0 Å². The van der Waals surface area contributed by atoms with E-state index in [1.807, 2.05) is 60.7 Å². The van der Waals surface area contributed by atoms with Crippen molar-refractivity contribution < 1.29 is 9.47 Å². The van der Waals surface area contributed by atoms with Gasteiger partial charge in [-0.05, 0) is 36.4 Å². The zero-order chi connectivity index (χ0) is 16.1. The molecule has 1 heterocycles. The van der Waals surface area contributed by atoms with Crippen molar-refractivity contribution in [2.75, 3.05) is 7.11 Å². The average Bonchev–Trinajstić information content (AvgIpc) is 3.00. The van der Waals surface area contributed by atoms with Gasteiger partial charge in [0.2, 0.25) is 0 Å². The van der Waals surface area contributed by atoms with Gasteiger partial charge in [0.25, 0.3) is 0 Å². The molecule has 23 heavy (non-hydrogen) atoms. The van der Waals surface area contributed by atoms with Gasteiger partial charge in [-0.15, -0.1) is 5.10 Å². The summed E-state index contributed by atoms with van der Waals surface area (Å²) in [5, 5.41) is 16.9. The van der Waals surface area contributed by atoms with Gasteiger partial charge in [-0.3, -0.25) is 0 Å². The molecule has 3 aromatic rings. The molecule has 0 fully saturated rings. The van der Waals surface area contributed by atoms with E-state index in [0.717, 1.165) is 11.4 Å². The largest absolute Gasteiger partial charge is 0.457 e. The zero-order valence-electron chi connectivity index (χ0n) is 12.5. The smallest absolute Gasteiger partial charge is 0.188 e. The second-order valence-electron chi connectivity index (χ2n) is 4.75. The second kappa shape index (κ2) is 6.73. The highest BCUT2D eigenvalue weighted by Gasteiger charge is 2.13. The minimum Gasteiger partial charge on any atom is -0.457 e. The number of hydrogen-bond donors (Lipinski definition) is 0. The molecular weight excluding hydrogens is 292 g/mol. The summed E-state index contributed by atoms with van der Waals surface area (Å²) < 4.78 is 12.5. The van der Waals surface area contributed by atoms with Gasteiger partial charge in [0.05, 0.1) is 12.3 Å². The minimum absolute atomic E-state index is 0.261. The highest BCUT2D eigenvalue weighted by atomic mass is 16.5. The quantitative estimate of drug-likeness (QED) is 0.724. The Morgan fingerprint density at radius 3 is 2.39 bits per heavy atom. The van der Waals surface area contributed by atoms with Crippen molar-refractivity contribution in [3.8, 4) is 23.3 Å². The maximum atomic E-state index is 9.07. The van der Waals surface area contributed by atoms with E-state index in [9.17, 15) is 0 Å². The molecule has 0 N–H and O–H groups in total. The summed E-state index contributed by atoms with van der Waals surface area (Å²) in [6.45, 7) is 0.262. The molecule has 0 radical (unpaired) electrons. The van der Waals surface area contributed by atoms with Gasteiger partial charge in [-0.2, -0.15) is 5.26 Å². The molecule has 0 spiro atoms. The Hall–Kier alpha value is -3.17. The van der Waals surface area contributed by atoms with Crippen LogP contribution in [0.5, 0.6) is 11.5 Å². The Balaban J connectivity index is 1.85. The average molecular weight is 306 g/mol. The Morgan fingerprint density at radius 2 is 1.74 bits per heavy atom. The van der Waals surface area contributed by atoms with E-state index in [1.54, 1.807) is 11.8 Å². The van der Waals surface area contributed by atoms with Crippen LogP contribution >= 0.6 is 0 Å². The summed E-state index contributed by atoms with van der Waals surface area (Å²) in [7, 11) is 1.56. The maximum absolute atomic E-state index is 9.07. The van der Waals surface area contributed by atoms with Crippen LogP contribution < -0.4 is 4.74 Å². The lowest BCUT2D eigenvalue weighted by atomic mass is 10.2. The molecule has 0 atom stereocenters. The molecular formula is C17H14N4O2. The topological polar surface area (TPSA) is 73.0 Å². The van der Waals surface area contributed by atoms with Crippen LogP contribution in [0.3, 0.4) is 0 Å². The van der Waals surface area contributed by atoms with Crippen molar-refractivity contribution in [3.05, 3.63) is 66.0 Å². The number of benzene rings is 2. The number of rotatable bonds is 5. The third-order valence-electron chi connectivity index (χ3n) is 3.21. The fourth-order valence-electron chi connectivity index (χ4n) is 2.14. The van der Waals surface area contributed by atoms with Crippen LogP contribution in [-0.4, -0.2) is 22.1 Å². The first kappa shape index (κ1) is 14.8.